The van der Waals surface area contributed by atoms with Crippen molar-refractivity contribution in [3.05, 3.63) is 35.0 Å². The van der Waals surface area contributed by atoms with Crippen LogP contribution in [0.4, 0.5) is 5.95 Å². The molecule has 0 aliphatic carbocycles. The molecule has 47 heavy (non-hydrogen) atoms. The molecule has 254 valence electrons. The van der Waals surface area contributed by atoms with Gasteiger partial charge in [-0.05, 0) is 44.9 Å². The largest absolute Gasteiger partial charge is 0.476 e. The number of nitrogens with two attached hydrogens (primary N) is 1. The zero-order valence-electron chi connectivity index (χ0n) is 26.1. The summed E-state index contributed by atoms with van der Waals surface area (Å²) in [4.78, 5) is 28.2. The van der Waals surface area contributed by atoms with Gasteiger partial charge in [0, 0.05) is 11.0 Å². The Bertz CT molecular complexity index is 1700. The second kappa shape index (κ2) is 14.2. The van der Waals surface area contributed by atoms with Gasteiger partial charge in [0.2, 0.25) is 18.6 Å². The smallest absolute Gasteiger partial charge is 0.459 e. The SMILES string of the molecule is CCCCOC(=O)[C@H](C)NP(=O)(OC[C@H]1O[C@@H](n2cnc3c(OCC)nc(N)nc32)[C@](C)(N=[N+]=[N-])[C@@H]1O)Oc1ccc2c(c1)OCO2. The maximum absolute atomic E-state index is 14.2. The molecule has 19 nitrogen and oxygen atoms in total. The number of ether oxygens (including phenoxy) is 5. The number of unbranched alkanes of at least 4 members (excludes halogenated alkanes) is 1. The number of aromatic nitrogens is 4. The Labute approximate surface area is 268 Å². The van der Waals surface area contributed by atoms with Crippen molar-refractivity contribution in [3.8, 4) is 23.1 Å². The number of aliphatic hydroxyl groups is 1. The van der Waals surface area contributed by atoms with Gasteiger partial charge in [0.15, 0.2) is 28.9 Å². The number of benzene rings is 1. The zero-order valence-corrected chi connectivity index (χ0v) is 27.0. The van der Waals surface area contributed by atoms with E-state index in [2.05, 4.69) is 30.1 Å². The minimum atomic E-state index is -4.41. The predicted octanol–water partition coefficient (Wildman–Crippen LogP) is 3.39. The number of rotatable bonds is 15. The fourth-order valence-electron chi connectivity index (χ4n) is 4.96. The second-order valence-electron chi connectivity index (χ2n) is 10.8. The number of nitrogens with zero attached hydrogens (tertiary/aromatic N) is 7. The van der Waals surface area contributed by atoms with Crippen molar-refractivity contribution in [1.29, 1.82) is 0 Å². The van der Waals surface area contributed by atoms with Crippen LogP contribution in [-0.2, 0) is 23.4 Å². The predicted molar refractivity (Wildman–Crippen MR) is 164 cm³/mol. The number of nitrogens with one attached hydrogen (secondary N) is 1. The van der Waals surface area contributed by atoms with Crippen molar-refractivity contribution in [2.24, 2.45) is 5.11 Å². The van der Waals surface area contributed by atoms with Gasteiger partial charge in [-0.3, -0.25) is 13.9 Å². The molecule has 1 unspecified atom stereocenters. The lowest BCUT2D eigenvalue weighted by molar-refractivity contribution is -0.145. The van der Waals surface area contributed by atoms with E-state index in [0.29, 0.717) is 17.9 Å². The van der Waals surface area contributed by atoms with E-state index in [1.807, 2.05) is 6.92 Å². The van der Waals surface area contributed by atoms with E-state index in [4.69, 9.17) is 38.5 Å². The van der Waals surface area contributed by atoms with Gasteiger partial charge in [-0.2, -0.15) is 15.1 Å². The van der Waals surface area contributed by atoms with Crippen molar-refractivity contribution in [3.63, 3.8) is 0 Å². The van der Waals surface area contributed by atoms with Crippen LogP contribution in [0.3, 0.4) is 0 Å². The van der Waals surface area contributed by atoms with Gasteiger partial charge in [0.1, 0.15) is 23.4 Å². The van der Waals surface area contributed by atoms with Crippen LogP contribution in [0.2, 0.25) is 0 Å². The van der Waals surface area contributed by atoms with Gasteiger partial charge in [-0.15, -0.1) is 0 Å². The number of nitrogen functional groups attached to an aromatic ring is 1. The summed E-state index contributed by atoms with van der Waals surface area (Å²) >= 11 is 0. The number of imidazole rings is 1. The van der Waals surface area contributed by atoms with E-state index in [9.17, 15) is 20.0 Å². The van der Waals surface area contributed by atoms with Crippen LogP contribution in [0.15, 0.2) is 29.6 Å². The minimum Gasteiger partial charge on any atom is -0.476 e. The van der Waals surface area contributed by atoms with Crippen molar-refractivity contribution in [2.75, 3.05) is 32.3 Å². The number of anilines is 1. The number of azide groups is 1. The fraction of sp³-hybridized carbons (Fsp3) is 0.556. The van der Waals surface area contributed by atoms with Crippen LogP contribution in [0.1, 0.15) is 46.8 Å². The summed E-state index contributed by atoms with van der Waals surface area (Å²) in [5.74, 6) is 0.243. The molecule has 6 atom stereocenters. The molecule has 20 heteroatoms. The molecule has 0 amide bonds. The first kappa shape index (κ1) is 34.0. The molecule has 0 radical (unpaired) electrons. The van der Waals surface area contributed by atoms with E-state index in [-0.39, 0.29) is 48.7 Å². The molecule has 0 spiro atoms. The summed E-state index contributed by atoms with van der Waals surface area (Å²) in [6.07, 6.45) is -1.10. The minimum absolute atomic E-state index is 0.00557. The summed E-state index contributed by atoms with van der Waals surface area (Å²) in [6, 6.07) is 3.38. The third-order valence-corrected chi connectivity index (χ3v) is 9.02. The van der Waals surface area contributed by atoms with Crippen LogP contribution < -0.4 is 29.6 Å². The Balaban J connectivity index is 1.41. The number of carbonyl (C=O) groups is 1. The Morgan fingerprint density at radius 1 is 1.34 bits per heavy atom. The Morgan fingerprint density at radius 2 is 2.13 bits per heavy atom. The van der Waals surface area contributed by atoms with Crippen molar-refractivity contribution in [1.82, 2.24) is 24.6 Å². The molecule has 4 N–H and O–H groups in total. The Kier molecular flexibility index (Phi) is 10.2. The average Bonchev–Trinajstić information content (AvgIpc) is 3.73. The van der Waals surface area contributed by atoms with E-state index >= 15 is 0 Å². The number of esters is 1. The summed E-state index contributed by atoms with van der Waals surface area (Å²) < 4.78 is 54.8. The fourth-order valence-corrected chi connectivity index (χ4v) is 6.46. The lowest BCUT2D eigenvalue weighted by atomic mass is 9.93. The molecular weight excluding hydrogens is 641 g/mol. The molecule has 2 aromatic heterocycles. The quantitative estimate of drug-likeness (QED) is 0.0521. The Hall–Kier alpha value is -4.38. The van der Waals surface area contributed by atoms with Crippen LogP contribution >= 0.6 is 7.75 Å². The molecule has 5 rings (SSSR count). The Morgan fingerprint density at radius 3 is 2.87 bits per heavy atom. The monoisotopic (exact) mass is 677 g/mol. The third-order valence-electron chi connectivity index (χ3n) is 7.38. The van der Waals surface area contributed by atoms with Crippen molar-refractivity contribution < 1.29 is 47.2 Å². The average molecular weight is 678 g/mol. The third kappa shape index (κ3) is 7.15. The van der Waals surface area contributed by atoms with E-state index in [1.54, 1.807) is 13.0 Å². The number of hydrogen-bond donors (Lipinski definition) is 3. The van der Waals surface area contributed by atoms with Gasteiger partial charge >= 0.3 is 13.7 Å². The summed E-state index contributed by atoms with van der Waals surface area (Å²) in [7, 11) is -4.41. The summed E-state index contributed by atoms with van der Waals surface area (Å²) in [5.41, 5.74) is 14.1. The van der Waals surface area contributed by atoms with Crippen LogP contribution in [0, 0.1) is 0 Å². The van der Waals surface area contributed by atoms with E-state index in [1.165, 1.54) is 36.9 Å². The lowest BCUT2D eigenvalue weighted by Crippen LogP contribution is -2.43. The highest BCUT2D eigenvalue weighted by molar-refractivity contribution is 7.52. The van der Waals surface area contributed by atoms with Crippen LogP contribution in [-0.4, -0.2) is 81.0 Å². The van der Waals surface area contributed by atoms with Gasteiger partial charge in [-0.25, -0.2) is 9.55 Å². The van der Waals surface area contributed by atoms with Gasteiger partial charge in [-0.1, -0.05) is 18.5 Å². The highest BCUT2D eigenvalue weighted by atomic mass is 31.2. The highest BCUT2D eigenvalue weighted by Gasteiger charge is 2.55. The molecule has 0 saturated carbocycles. The van der Waals surface area contributed by atoms with Crippen LogP contribution in [0.25, 0.3) is 21.6 Å². The molecule has 3 aromatic rings. The summed E-state index contributed by atoms with van der Waals surface area (Å²) in [6.45, 7) is 6.55. The molecule has 4 heterocycles. The number of aliphatic hydroxyl groups excluding tert-OH is 1. The molecule has 1 aromatic carbocycles. The first-order valence-corrected chi connectivity index (χ1v) is 16.4. The van der Waals surface area contributed by atoms with E-state index < -0.39 is 50.3 Å². The van der Waals surface area contributed by atoms with Crippen molar-refractivity contribution >= 4 is 30.8 Å². The van der Waals surface area contributed by atoms with Crippen molar-refractivity contribution in [2.45, 2.75) is 70.6 Å². The number of carbonyl (C=O) groups excluding carboxylic acids is 1. The molecule has 1 fully saturated rings. The molecule has 2 aliphatic heterocycles. The first-order chi connectivity index (χ1) is 22.5. The number of fused-ring (bicyclic) bond motifs is 2. The molecular formula is C27H36N9O10P. The maximum atomic E-state index is 14.2. The lowest BCUT2D eigenvalue weighted by Gasteiger charge is -2.28. The topological polar surface area (TPSA) is 249 Å². The van der Waals surface area contributed by atoms with Gasteiger partial charge < -0.3 is 39.0 Å². The first-order valence-electron chi connectivity index (χ1n) is 14.8. The maximum Gasteiger partial charge on any atom is 0.459 e. The normalized spacial score (nSPS) is 23.6. The second-order valence-corrected chi connectivity index (χ2v) is 12.5. The van der Waals surface area contributed by atoms with Gasteiger partial charge in [0.25, 0.3) is 0 Å². The molecule has 2 aliphatic rings. The zero-order chi connectivity index (χ0) is 33.8. The van der Waals surface area contributed by atoms with Gasteiger partial charge in [0.05, 0.1) is 32.3 Å². The standard InChI is InChI=1S/C27H36N9O10P/c1-5-7-10-41-24(38)15(3)33-47(39,46-16-8-9-17-18(11-16)43-14-42-17)44-12-19-21(37)27(4,34-35-29)25(45-19)36-13-30-20-22(36)31-26(28)32-23(20)40-6-2/h8-9,11,13,15,19,21,25,37H,5-7,10,12,14H2,1-4H3,(H,33,39)(H2,28,31,32)/t15-,19+,21+,25+,27+,47?/m0/s1. The highest BCUT2D eigenvalue weighted by Crippen LogP contribution is 2.49. The molecule has 1 saturated heterocycles. The van der Waals surface area contributed by atoms with Crippen LogP contribution in [0.5, 0.6) is 23.1 Å². The summed E-state index contributed by atoms with van der Waals surface area (Å²) in [5, 5.41) is 17.9. The number of hydrogen-bond acceptors (Lipinski definition) is 15. The molecule has 0 bridgehead atoms. The van der Waals surface area contributed by atoms with E-state index in [0.717, 1.165) is 6.42 Å².